The number of primary amides is 1. The fraction of sp³-hybridized carbons (Fsp3) is 0.533. The second kappa shape index (κ2) is 7.26. The summed E-state index contributed by atoms with van der Waals surface area (Å²) in [5.74, 6) is -0.387. The van der Waals surface area contributed by atoms with Gasteiger partial charge in [0.05, 0.1) is 12.2 Å². The number of amides is 1. The summed E-state index contributed by atoms with van der Waals surface area (Å²) in [6.45, 7) is 3.31. The molecule has 0 spiro atoms. The average molecular weight is 277 g/mol. The molecule has 110 valence electrons. The van der Waals surface area contributed by atoms with Crippen molar-refractivity contribution in [1.82, 2.24) is 5.32 Å². The van der Waals surface area contributed by atoms with Crippen LogP contribution in [-0.2, 0) is 4.74 Å². The van der Waals surface area contributed by atoms with E-state index >= 15 is 0 Å². The van der Waals surface area contributed by atoms with Gasteiger partial charge in [0.25, 0.3) is 5.91 Å². The number of benzene rings is 1. The lowest BCUT2D eigenvalue weighted by Gasteiger charge is -2.29. The second-order valence-electron chi connectivity index (χ2n) is 5.11. The monoisotopic (exact) mass is 277 g/mol. The number of anilines is 1. The van der Waals surface area contributed by atoms with Gasteiger partial charge >= 0.3 is 0 Å². The van der Waals surface area contributed by atoms with Crippen LogP contribution in [0.1, 0.15) is 23.2 Å². The van der Waals surface area contributed by atoms with E-state index in [0.717, 1.165) is 25.3 Å². The molecule has 2 rings (SSSR count). The third-order valence-electron chi connectivity index (χ3n) is 3.68. The maximum Gasteiger partial charge on any atom is 0.250 e. The smallest absolute Gasteiger partial charge is 0.250 e. The molecule has 1 aromatic carbocycles. The van der Waals surface area contributed by atoms with Crippen LogP contribution in [0.4, 0.5) is 5.69 Å². The molecule has 1 unspecified atom stereocenters. The van der Waals surface area contributed by atoms with Gasteiger partial charge in [-0.25, -0.2) is 0 Å². The number of ether oxygens (including phenoxy) is 1. The zero-order chi connectivity index (χ0) is 14.4. The molecule has 0 bridgehead atoms. The van der Waals surface area contributed by atoms with E-state index in [1.165, 1.54) is 12.8 Å². The van der Waals surface area contributed by atoms with Crippen molar-refractivity contribution < 1.29 is 9.53 Å². The van der Waals surface area contributed by atoms with Crippen LogP contribution in [0.3, 0.4) is 0 Å². The number of nitrogens with one attached hydrogen (secondary N) is 1. The standard InChI is InChI=1S/C15H23N3O2/c1-20-10-9-18(11-12-5-4-8-17-12)14-7-3-2-6-13(14)15(16)19/h2-3,6-7,12,17H,4-5,8-11H2,1H3,(H2,16,19). The summed E-state index contributed by atoms with van der Waals surface area (Å²) in [5.41, 5.74) is 6.94. The van der Waals surface area contributed by atoms with Gasteiger partial charge in [-0.1, -0.05) is 12.1 Å². The van der Waals surface area contributed by atoms with Crippen LogP contribution >= 0.6 is 0 Å². The molecule has 1 aliphatic heterocycles. The number of hydrogen-bond donors (Lipinski definition) is 2. The largest absolute Gasteiger partial charge is 0.383 e. The Kier molecular flexibility index (Phi) is 5.38. The van der Waals surface area contributed by atoms with Crippen molar-refractivity contribution in [3.05, 3.63) is 29.8 Å². The summed E-state index contributed by atoms with van der Waals surface area (Å²) in [5, 5.41) is 3.48. The van der Waals surface area contributed by atoms with E-state index in [2.05, 4.69) is 10.2 Å². The molecule has 5 heteroatoms. The Morgan fingerprint density at radius 2 is 2.30 bits per heavy atom. The molecule has 1 aliphatic rings. The van der Waals surface area contributed by atoms with E-state index in [1.807, 2.05) is 18.2 Å². The SMILES string of the molecule is COCCN(CC1CCCN1)c1ccccc1C(N)=O. The Balaban J connectivity index is 2.18. The van der Waals surface area contributed by atoms with Gasteiger partial charge < -0.3 is 20.7 Å². The molecule has 3 N–H and O–H groups in total. The zero-order valence-corrected chi connectivity index (χ0v) is 12.0. The first-order chi connectivity index (χ1) is 9.72. The first kappa shape index (κ1) is 14.8. The fourth-order valence-corrected chi connectivity index (χ4v) is 2.65. The van der Waals surface area contributed by atoms with Crippen LogP contribution in [0.2, 0.25) is 0 Å². The molecule has 1 fully saturated rings. The average Bonchev–Trinajstić information content (AvgIpc) is 2.96. The summed E-state index contributed by atoms with van der Waals surface area (Å²) < 4.78 is 5.18. The summed E-state index contributed by atoms with van der Waals surface area (Å²) in [6, 6.07) is 7.97. The van der Waals surface area contributed by atoms with Gasteiger partial charge in [0, 0.05) is 31.9 Å². The number of carbonyl (C=O) groups is 1. The van der Waals surface area contributed by atoms with Crippen molar-refractivity contribution in [2.45, 2.75) is 18.9 Å². The predicted octanol–water partition coefficient (Wildman–Crippen LogP) is 0.990. The molecule has 0 radical (unpaired) electrons. The highest BCUT2D eigenvalue weighted by Crippen LogP contribution is 2.21. The van der Waals surface area contributed by atoms with Crippen molar-refractivity contribution in [1.29, 1.82) is 0 Å². The number of rotatable bonds is 7. The zero-order valence-electron chi connectivity index (χ0n) is 12.0. The Bertz CT molecular complexity index is 444. The summed E-state index contributed by atoms with van der Waals surface area (Å²) in [7, 11) is 1.69. The maximum absolute atomic E-state index is 11.6. The van der Waals surface area contributed by atoms with E-state index in [4.69, 9.17) is 10.5 Å². The van der Waals surface area contributed by atoms with Gasteiger partial charge in [-0.15, -0.1) is 0 Å². The number of nitrogens with two attached hydrogens (primary N) is 1. The Labute approximate surface area is 120 Å². The first-order valence-electron chi connectivity index (χ1n) is 7.08. The number of para-hydroxylation sites is 1. The molecular weight excluding hydrogens is 254 g/mol. The molecule has 1 saturated heterocycles. The van der Waals surface area contributed by atoms with Crippen LogP contribution in [0, 0.1) is 0 Å². The molecule has 5 nitrogen and oxygen atoms in total. The molecule has 0 aliphatic carbocycles. The molecule has 1 aromatic rings. The van der Waals surface area contributed by atoms with E-state index < -0.39 is 0 Å². The van der Waals surface area contributed by atoms with Gasteiger partial charge in [-0.2, -0.15) is 0 Å². The quantitative estimate of drug-likeness (QED) is 0.780. The normalized spacial score (nSPS) is 18.1. The van der Waals surface area contributed by atoms with Gasteiger partial charge in [0.1, 0.15) is 0 Å². The van der Waals surface area contributed by atoms with Gasteiger partial charge in [0.2, 0.25) is 0 Å². The molecule has 1 amide bonds. The Morgan fingerprint density at radius 3 is 2.95 bits per heavy atom. The van der Waals surface area contributed by atoms with Crippen molar-refractivity contribution in [3.63, 3.8) is 0 Å². The lowest BCUT2D eigenvalue weighted by atomic mass is 10.1. The van der Waals surface area contributed by atoms with Gasteiger partial charge in [0.15, 0.2) is 0 Å². The fourth-order valence-electron chi connectivity index (χ4n) is 2.65. The Morgan fingerprint density at radius 1 is 1.50 bits per heavy atom. The minimum atomic E-state index is -0.387. The summed E-state index contributed by atoms with van der Waals surface area (Å²) >= 11 is 0. The number of nitrogens with zero attached hydrogens (tertiary/aromatic N) is 1. The number of methoxy groups -OCH3 is 1. The lowest BCUT2D eigenvalue weighted by molar-refractivity contribution is 0.100. The predicted molar refractivity (Wildman–Crippen MR) is 80.1 cm³/mol. The molecule has 1 heterocycles. The first-order valence-corrected chi connectivity index (χ1v) is 7.08. The number of hydrogen-bond acceptors (Lipinski definition) is 4. The third kappa shape index (κ3) is 3.71. The minimum Gasteiger partial charge on any atom is -0.383 e. The maximum atomic E-state index is 11.6. The Hall–Kier alpha value is -1.59. The molecule has 0 saturated carbocycles. The van der Waals surface area contributed by atoms with Crippen LogP contribution in [0.15, 0.2) is 24.3 Å². The lowest BCUT2D eigenvalue weighted by Crippen LogP contribution is -2.40. The highest BCUT2D eigenvalue weighted by Gasteiger charge is 2.20. The minimum absolute atomic E-state index is 0.387. The van der Waals surface area contributed by atoms with Crippen molar-refractivity contribution in [3.8, 4) is 0 Å². The van der Waals surface area contributed by atoms with Gasteiger partial charge in [-0.3, -0.25) is 4.79 Å². The van der Waals surface area contributed by atoms with Crippen LogP contribution in [0.25, 0.3) is 0 Å². The van der Waals surface area contributed by atoms with E-state index in [-0.39, 0.29) is 5.91 Å². The van der Waals surface area contributed by atoms with Crippen LogP contribution < -0.4 is 16.0 Å². The van der Waals surface area contributed by atoms with Gasteiger partial charge in [-0.05, 0) is 31.5 Å². The van der Waals surface area contributed by atoms with E-state index in [1.54, 1.807) is 13.2 Å². The van der Waals surface area contributed by atoms with Crippen LogP contribution in [0.5, 0.6) is 0 Å². The van der Waals surface area contributed by atoms with E-state index in [9.17, 15) is 4.79 Å². The second-order valence-corrected chi connectivity index (χ2v) is 5.11. The highest BCUT2D eigenvalue weighted by atomic mass is 16.5. The van der Waals surface area contributed by atoms with Crippen molar-refractivity contribution in [2.24, 2.45) is 5.73 Å². The van der Waals surface area contributed by atoms with E-state index in [0.29, 0.717) is 18.2 Å². The van der Waals surface area contributed by atoms with Crippen molar-refractivity contribution >= 4 is 11.6 Å². The molecular formula is C15H23N3O2. The third-order valence-corrected chi connectivity index (χ3v) is 3.68. The van der Waals surface area contributed by atoms with Crippen LogP contribution in [-0.4, -0.2) is 45.3 Å². The topological polar surface area (TPSA) is 67.6 Å². The summed E-state index contributed by atoms with van der Waals surface area (Å²) in [6.07, 6.45) is 2.38. The molecule has 1 atom stereocenters. The van der Waals surface area contributed by atoms with Crippen molar-refractivity contribution in [2.75, 3.05) is 38.3 Å². The molecule has 0 aromatic heterocycles. The highest BCUT2D eigenvalue weighted by molar-refractivity contribution is 5.98. The number of carbonyl (C=O) groups excluding carboxylic acids is 1. The summed E-state index contributed by atoms with van der Waals surface area (Å²) in [4.78, 5) is 13.8. The molecule has 20 heavy (non-hydrogen) atoms.